The Morgan fingerprint density at radius 3 is 0.621 bits per heavy atom. The number of hydrogen-bond donors (Lipinski definition) is 0. The third-order valence-corrected chi connectivity index (χ3v) is 16.3. The summed E-state index contributed by atoms with van der Waals surface area (Å²) in [6, 6.07) is 89.1. The first-order chi connectivity index (χ1) is 32.5. The van der Waals surface area contributed by atoms with Crippen LogP contribution in [0.15, 0.2) is 250 Å². The van der Waals surface area contributed by atoms with Gasteiger partial charge in [-0.05, 0) is 137 Å². The quantitative estimate of drug-likeness (QED) is 0.156. The summed E-state index contributed by atoms with van der Waals surface area (Å²) in [5.41, 5.74) is 20.6. The molecule has 0 bridgehead atoms. The summed E-state index contributed by atoms with van der Waals surface area (Å²) < 4.78 is 3.15. The molecule has 0 heterocycles. The van der Waals surface area contributed by atoms with Crippen LogP contribution in [0.1, 0.15) is 66.8 Å². The zero-order valence-electron chi connectivity index (χ0n) is 35.7. The van der Waals surface area contributed by atoms with E-state index in [0.717, 1.165) is 13.4 Å². The minimum atomic E-state index is -0.738. The Bertz CT molecular complexity index is 3010. The van der Waals surface area contributed by atoms with Crippen LogP contribution in [0.5, 0.6) is 0 Å². The van der Waals surface area contributed by atoms with Crippen LogP contribution < -0.4 is 0 Å². The third-order valence-electron chi connectivity index (χ3n) is 14.8. The number of rotatable bonds is 6. The van der Waals surface area contributed by atoms with Gasteiger partial charge in [-0.25, -0.2) is 0 Å². The highest BCUT2D eigenvalue weighted by Crippen LogP contribution is 2.73. The van der Waals surface area contributed by atoms with Gasteiger partial charge in [0.25, 0.3) is 0 Å². The molecule has 3 aliphatic carbocycles. The van der Waals surface area contributed by atoms with E-state index in [-0.39, 0.29) is 0 Å². The second kappa shape index (κ2) is 15.1. The van der Waals surface area contributed by atoms with E-state index >= 15 is 0 Å². The SMILES string of the molecule is Brc1ccc2c(c1)C(c1ccccc1)(c1ccccc1)c1c-2c2c(c3c1-c1ccc(Br)cc1C3(c1ccccc1)c1ccccc1)-c1ccc(Br)cc1C2(c1ccccc1)c1ccccc1. The number of benzene rings is 10. The largest absolute Gasteiger partial charge is 0.0720 e. The third kappa shape index (κ3) is 5.20. The molecule has 3 heteroatoms. The molecule has 0 fully saturated rings. The normalized spacial score (nSPS) is 15.0. The topological polar surface area (TPSA) is 0 Å². The molecule has 0 aromatic heterocycles. The molecule has 0 aliphatic heterocycles. The smallest absolute Gasteiger partial charge is 0.0622 e. The van der Waals surface area contributed by atoms with Crippen molar-refractivity contribution >= 4 is 47.8 Å². The molecule has 10 aromatic rings. The van der Waals surface area contributed by atoms with Gasteiger partial charge in [0, 0.05) is 13.4 Å². The predicted octanol–water partition coefficient (Wildman–Crippen LogP) is 17.1. The van der Waals surface area contributed by atoms with Crippen molar-refractivity contribution in [3.05, 3.63) is 317 Å². The molecule has 0 radical (unpaired) electrons. The van der Waals surface area contributed by atoms with Crippen molar-refractivity contribution in [2.24, 2.45) is 0 Å². The van der Waals surface area contributed by atoms with Crippen LogP contribution in [0.25, 0.3) is 33.4 Å². The number of halogens is 3. The van der Waals surface area contributed by atoms with Crippen molar-refractivity contribution in [3.63, 3.8) is 0 Å². The van der Waals surface area contributed by atoms with Crippen LogP contribution in [0, 0.1) is 0 Å². The number of fused-ring (bicyclic) bond motifs is 12. The fourth-order valence-corrected chi connectivity index (χ4v) is 13.7. The Morgan fingerprint density at radius 2 is 0.424 bits per heavy atom. The first kappa shape index (κ1) is 40.0. The van der Waals surface area contributed by atoms with Gasteiger partial charge in [-0.15, -0.1) is 0 Å². The predicted molar refractivity (Wildman–Crippen MR) is 281 cm³/mol. The highest BCUT2D eigenvalue weighted by atomic mass is 79.9. The second-order valence-electron chi connectivity index (χ2n) is 17.8. The highest BCUT2D eigenvalue weighted by molar-refractivity contribution is 9.11. The molecule has 3 aliphatic rings. The van der Waals surface area contributed by atoms with Crippen LogP contribution in [0.3, 0.4) is 0 Å². The molecule has 0 amide bonds. The van der Waals surface area contributed by atoms with E-state index in [2.05, 4.69) is 284 Å². The molecule has 10 aromatic carbocycles. The van der Waals surface area contributed by atoms with Gasteiger partial charge in [0.05, 0.1) is 16.2 Å². The summed E-state index contributed by atoms with van der Waals surface area (Å²) in [6.45, 7) is 0. The molecule has 0 atom stereocenters. The van der Waals surface area contributed by atoms with Crippen molar-refractivity contribution < 1.29 is 0 Å². The van der Waals surface area contributed by atoms with Gasteiger partial charge in [-0.2, -0.15) is 0 Å². The Labute approximate surface area is 411 Å². The maximum Gasteiger partial charge on any atom is 0.0720 e. The monoisotopic (exact) mass is 1030 g/mol. The van der Waals surface area contributed by atoms with Gasteiger partial charge < -0.3 is 0 Å². The molecule has 13 rings (SSSR count). The van der Waals surface area contributed by atoms with Gasteiger partial charge in [0.15, 0.2) is 0 Å². The van der Waals surface area contributed by atoms with Crippen molar-refractivity contribution in [1.82, 2.24) is 0 Å². The van der Waals surface area contributed by atoms with E-state index in [9.17, 15) is 0 Å². The first-order valence-electron chi connectivity index (χ1n) is 22.5. The minimum Gasteiger partial charge on any atom is -0.0622 e. The Hall–Kier alpha value is -6.36. The van der Waals surface area contributed by atoms with Gasteiger partial charge in [0.2, 0.25) is 0 Å². The van der Waals surface area contributed by atoms with Crippen LogP contribution in [0.4, 0.5) is 0 Å². The summed E-state index contributed by atoms with van der Waals surface area (Å²) >= 11 is 12.2. The lowest BCUT2D eigenvalue weighted by Crippen LogP contribution is -2.33. The molecule has 312 valence electrons. The van der Waals surface area contributed by atoms with E-state index in [1.54, 1.807) is 0 Å². The van der Waals surface area contributed by atoms with Crippen LogP contribution in [-0.2, 0) is 16.2 Å². The summed E-state index contributed by atoms with van der Waals surface area (Å²) in [6.07, 6.45) is 0. The van der Waals surface area contributed by atoms with E-state index in [1.165, 1.54) is 100 Å². The van der Waals surface area contributed by atoms with Gasteiger partial charge >= 0.3 is 0 Å². The van der Waals surface area contributed by atoms with Crippen molar-refractivity contribution in [2.75, 3.05) is 0 Å². The van der Waals surface area contributed by atoms with Gasteiger partial charge in [-0.1, -0.05) is 248 Å². The zero-order chi connectivity index (χ0) is 44.2. The van der Waals surface area contributed by atoms with Crippen molar-refractivity contribution in [3.8, 4) is 33.4 Å². The van der Waals surface area contributed by atoms with Crippen LogP contribution in [-0.4, -0.2) is 0 Å². The molecule has 66 heavy (non-hydrogen) atoms. The van der Waals surface area contributed by atoms with E-state index in [0.29, 0.717) is 0 Å². The summed E-state index contributed by atoms with van der Waals surface area (Å²) in [4.78, 5) is 0. The lowest BCUT2D eigenvalue weighted by atomic mass is 9.61. The summed E-state index contributed by atoms with van der Waals surface area (Å²) in [7, 11) is 0. The fraction of sp³-hybridized carbons (Fsp3) is 0.0476. The maximum absolute atomic E-state index is 4.06. The van der Waals surface area contributed by atoms with E-state index in [1.807, 2.05) is 0 Å². The van der Waals surface area contributed by atoms with Crippen molar-refractivity contribution in [2.45, 2.75) is 16.2 Å². The molecule has 0 unspecified atom stereocenters. The Kier molecular flexibility index (Phi) is 9.13. The fourth-order valence-electron chi connectivity index (χ4n) is 12.6. The number of hydrogen-bond acceptors (Lipinski definition) is 0. The molecule has 0 nitrogen and oxygen atoms in total. The zero-order valence-corrected chi connectivity index (χ0v) is 40.4. The highest BCUT2D eigenvalue weighted by Gasteiger charge is 2.60. The molecule has 0 saturated heterocycles. The second-order valence-corrected chi connectivity index (χ2v) is 20.5. The van der Waals surface area contributed by atoms with Gasteiger partial charge in [-0.3, -0.25) is 0 Å². The molecular weight excluding hydrogens is 996 g/mol. The molecular formula is C63H39Br3. The Balaban J connectivity index is 1.40. The molecule has 0 spiro atoms. The van der Waals surface area contributed by atoms with Crippen molar-refractivity contribution in [1.29, 1.82) is 0 Å². The molecule has 0 saturated carbocycles. The average Bonchev–Trinajstić information content (AvgIpc) is 3.96. The summed E-state index contributed by atoms with van der Waals surface area (Å²) in [5, 5.41) is 0. The van der Waals surface area contributed by atoms with Gasteiger partial charge in [0.1, 0.15) is 0 Å². The van der Waals surface area contributed by atoms with Crippen LogP contribution >= 0.6 is 47.8 Å². The Morgan fingerprint density at radius 1 is 0.227 bits per heavy atom. The first-order valence-corrected chi connectivity index (χ1v) is 24.9. The minimum absolute atomic E-state index is 0.738. The lowest BCUT2D eigenvalue weighted by molar-refractivity contribution is 0.740. The average molecular weight is 1040 g/mol. The van der Waals surface area contributed by atoms with Crippen LogP contribution in [0.2, 0.25) is 0 Å². The van der Waals surface area contributed by atoms with E-state index in [4.69, 9.17) is 0 Å². The van der Waals surface area contributed by atoms with E-state index < -0.39 is 16.2 Å². The maximum atomic E-state index is 4.06. The summed E-state index contributed by atoms with van der Waals surface area (Å²) in [5.74, 6) is 0. The molecule has 0 N–H and O–H groups in total. The lowest BCUT2D eigenvalue weighted by Gasteiger charge is -2.40. The standard InChI is InChI=1S/C63H39Br3/c64-46-31-34-49-52(37-46)61(40-19-7-1-8-20-40,41-21-9-2-10-22-41)58-55(49)59-57(51-36-33-48(66)39-54(51)63(59,44-27-15-5-16-28-44)45-29-17-6-18-30-45)60-56(58)50-35-32-47(65)38-53(50)62(60,42-23-11-3-12-24-42)43-25-13-4-14-26-43/h1-39H.